The van der Waals surface area contributed by atoms with Gasteiger partial charge in [0.2, 0.25) is 5.88 Å². The van der Waals surface area contributed by atoms with Crippen molar-refractivity contribution in [3.8, 4) is 5.88 Å². The molecule has 0 amide bonds. The first-order chi connectivity index (χ1) is 5.72. The first-order valence-corrected chi connectivity index (χ1v) is 4.37. The molecule has 3 heteroatoms. The molecule has 1 heterocycles. The van der Waals surface area contributed by atoms with Gasteiger partial charge in [-0.3, -0.25) is 0 Å². The zero-order valence-corrected chi connectivity index (χ0v) is 8.06. The van der Waals surface area contributed by atoms with Gasteiger partial charge in [0.25, 0.3) is 0 Å². The van der Waals surface area contributed by atoms with E-state index in [9.17, 15) is 0 Å². The summed E-state index contributed by atoms with van der Waals surface area (Å²) in [6.45, 7) is 4.70. The van der Waals surface area contributed by atoms with Crippen LogP contribution in [-0.4, -0.2) is 11.6 Å². The van der Waals surface area contributed by atoms with Gasteiger partial charge in [-0.1, -0.05) is 18.5 Å². The smallest absolute Gasteiger partial charge is 0.214 e. The summed E-state index contributed by atoms with van der Waals surface area (Å²) in [5, 5.41) is 0.487. The lowest BCUT2D eigenvalue weighted by atomic mass is 10.3. The van der Waals surface area contributed by atoms with Crippen LogP contribution in [0.3, 0.4) is 0 Å². The highest BCUT2D eigenvalue weighted by atomic mass is 35.5. The van der Waals surface area contributed by atoms with Crippen LogP contribution in [-0.2, 0) is 0 Å². The van der Waals surface area contributed by atoms with Crippen molar-refractivity contribution >= 4 is 11.6 Å². The Morgan fingerprint density at radius 2 is 2.25 bits per heavy atom. The second-order valence-corrected chi connectivity index (χ2v) is 3.04. The second kappa shape index (κ2) is 4.31. The Morgan fingerprint density at radius 1 is 1.50 bits per heavy atom. The Hall–Kier alpha value is -0.760. The Morgan fingerprint density at radius 3 is 2.83 bits per heavy atom. The van der Waals surface area contributed by atoms with Crippen LogP contribution in [0.15, 0.2) is 12.1 Å². The normalized spacial score (nSPS) is 9.92. The number of ether oxygens (including phenoxy) is 1. The van der Waals surface area contributed by atoms with E-state index in [0.717, 1.165) is 12.0 Å². The highest BCUT2D eigenvalue weighted by molar-refractivity contribution is 6.29. The molecule has 0 aliphatic rings. The molecule has 66 valence electrons. The fraction of sp³-hybridized carbons (Fsp3) is 0.444. The Balaban J connectivity index is 2.72. The van der Waals surface area contributed by atoms with E-state index in [-0.39, 0.29) is 0 Å². The lowest BCUT2D eigenvalue weighted by Gasteiger charge is -2.04. The molecule has 0 fully saturated rings. The lowest BCUT2D eigenvalue weighted by molar-refractivity contribution is 0.305. The van der Waals surface area contributed by atoms with Gasteiger partial charge in [-0.05, 0) is 25.0 Å². The molecule has 0 N–H and O–H groups in total. The molecule has 0 radical (unpaired) electrons. The van der Waals surface area contributed by atoms with E-state index < -0.39 is 0 Å². The van der Waals surface area contributed by atoms with Crippen molar-refractivity contribution in [3.63, 3.8) is 0 Å². The van der Waals surface area contributed by atoms with Crippen LogP contribution in [0.2, 0.25) is 5.15 Å². The molecule has 0 atom stereocenters. The zero-order chi connectivity index (χ0) is 8.97. The maximum atomic E-state index is 5.74. The first-order valence-electron chi connectivity index (χ1n) is 3.99. The summed E-state index contributed by atoms with van der Waals surface area (Å²) in [7, 11) is 0. The number of aromatic nitrogens is 1. The molecule has 12 heavy (non-hydrogen) atoms. The summed E-state index contributed by atoms with van der Waals surface area (Å²) in [4.78, 5) is 4.01. The summed E-state index contributed by atoms with van der Waals surface area (Å²) < 4.78 is 5.32. The van der Waals surface area contributed by atoms with Gasteiger partial charge in [-0.2, -0.15) is 0 Å². The van der Waals surface area contributed by atoms with Crippen molar-refractivity contribution in [3.05, 3.63) is 22.8 Å². The molecule has 0 saturated heterocycles. The number of halogens is 1. The number of pyridine rings is 1. The van der Waals surface area contributed by atoms with Crippen LogP contribution in [0.5, 0.6) is 5.88 Å². The minimum atomic E-state index is 0.487. The Labute approximate surface area is 77.5 Å². The molecule has 1 aromatic rings. The van der Waals surface area contributed by atoms with Crippen LogP contribution in [0, 0.1) is 6.92 Å². The monoisotopic (exact) mass is 185 g/mol. The van der Waals surface area contributed by atoms with Crippen LogP contribution >= 0.6 is 11.6 Å². The number of hydrogen-bond acceptors (Lipinski definition) is 2. The van der Waals surface area contributed by atoms with E-state index in [2.05, 4.69) is 11.9 Å². The third kappa shape index (κ3) is 2.70. The van der Waals surface area contributed by atoms with Crippen molar-refractivity contribution < 1.29 is 4.74 Å². The number of nitrogens with zero attached hydrogens (tertiary/aromatic N) is 1. The predicted molar refractivity (Wildman–Crippen MR) is 49.8 cm³/mol. The summed E-state index contributed by atoms with van der Waals surface area (Å²) in [5.41, 5.74) is 1.07. The van der Waals surface area contributed by atoms with E-state index in [1.54, 1.807) is 6.07 Å². The second-order valence-electron chi connectivity index (χ2n) is 2.65. The van der Waals surface area contributed by atoms with Crippen LogP contribution < -0.4 is 4.74 Å². The highest BCUT2D eigenvalue weighted by Gasteiger charge is 1.97. The number of hydrogen-bond donors (Lipinski definition) is 0. The average molecular weight is 186 g/mol. The molecule has 1 aromatic heterocycles. The topological polar surface area (TPSA) is 22.1 Å². The molecular formula is C9H12ClNO. The number of rotatable bonds is 3. The van der Waals surface area contributed by atoms with E-state index >= 15 is 0 Å². The maximum Gasteiger partial charge on any atom is 0.214 e. The molecule has 0 saturated carbocycles. The highest BCUT2D eigenvalue weighted by Crippen LogP contribution is 2.15. The standard InChI is InChI=1S/C9H12ClNO/c1-3-4-12-9-6-7(2)5-8(10)11-9/h5-6H,3-4H2,1-2H3. The van der Waals surface area contributed by atoms with Crippen molar-refractivity contribution in [1.29, 1.82) is 0 Å². The van der Waals surface area contributed by atoms with Crippen LogP contribution in [0.25, 0.3) is 0 Å². The Kier molecular flexibility index (Phi) is 3.35. The summed E-state index contributed by atoms with van der Waals surface area (Å²) in [6, 6.07) is 3.68. The largest absolute Gasteiger partial charge is 0.478 e. The Bertz CT molecular complexity index is 242. The first kappa shape index (κ1) is 9.33. The summed E-state index contributed by atoms with van der Waals surface area (Å²) >= 11 is 5.74. The van der Waals surface area contributed by atoms with E-state index in [1.807, 2.05) is 13.0 Å². The zero-order valence-electron chi connectivity index (χ0n) is 7.30. The molecule has 0 unspecified atom stereocenters. The fourth-order valence-corrected chi connectivity index (χ4v) is 1.13. The van der Waals surface area contributed by atoms with Crippen molar-refractivity contribution in [2.45, 2.75) is 20.3 Å². The minimum absolute atomic E-state index is 0.487. The van der Waals surface area contributed by atoms with Gasteiger partial charge in [0, 0.05) is 6.07 Å². The molecular weight excluding hydrogens is 174 g/mol. The molecule has 0 bridgehead atoms. The molecule has 0 aromatic carbocycles. The van der Waals surface area contributed by atoms with Crippen LogP contribution in [0.4, 0.5) is 0 Å². The van der Waals surface area contributed by atoms with E-state index in [1.165, 1.54) is 0 Å². The van der Waals surface area contributed by atoms with E-state index in [0.29, 0.717) is 17.6 Å². The van der Waals surface area contributed by atoms with Gasteiger partial charge in [0.15, 0.2) is 0 Å². The van der Waals surface area contributed by atoms with Gasteiger partial charge >= 0.3 is 0 Å². The molecule has 0 aliphatic carbocycles. The van der Waals surface area contributed by atoms with Crippen molar-refractivity contribution in [1.82, 2.24) is 4.98 Å². The number of aryl methyl sites for hydroxylation is 1. The van der Waals surface area contributed by atoms with Crippen molar-refractivity contribution in [2.24, 2.45) is 0 Å². The van der Waals surface area contributed by atoms with Gasteiger partial charge in [-0.15, -0.1) is 0 Å². The summed E-state index contributed by atoms with van der Waals surface area (Å²) in [6.07, 6.45) is 0.979. The minimum Gasteiger partial charge on any atom is -0.478 e. The third-order valence-corrected chi connectivity index (χ3v) is 1.56. The van der Waals surface area contributed by atoms with Gasteiger partial charge in [0.05, 0.1) is 6.61 Å². The predicted octanol–water partition coefficient (Wildman–Crippen LogP) is 2.83. The van der Waals surface area contributed by atoms with Crippen LogP contribution in [0.1, 0.15) is 18.9 Å². The molecule has 2 nitrogen and oxygen atoms in total. The van der Waals surface area contributed by atoms with E-state index in [4.69, 9.17) is 16.3 Å². The SMILES string of the molecule is CCCOc1cc(C)cc(Cl)n1. The van der Waals surface area contributed by atoms with Crippen molar-refractivity contribution in [2.75, 3.05) is 6.61 Å². The van der Waals surface area contributed by atoms with Gasteiger partial charge in [-0.25, -0.2) is 4.98 Å². The third-order valence-electron chi connectivity index (χ3n) is 1.37. The quantitative estimate of drug-likeness (QED) is 0.676. The maximum absolute atomic E-state index is 5.74. The van der Waals surface area contributed by atoms with Gasteiger partial charge < -0.3 is 4.74 Å². The average Bonchev–Trinajstić information content (AvgIpc) is 1.99. The molecule has 1 rings (SSSR count). The fourth-order valence-electron chi connectivity index (χ4n) is 0.875. The molecule has 0 aliphatic heterocycles. The van der Waals surface area contributed by atoms with Gasteiger partial charge in [0.1, 0.15) is 5.15 Å². The summed E-state index contributed by atoms with van der Waals surface area (Å²) in [5.74, 6) is 0.613. The lowest BCUT2D eigenvalue weighted by Crippen LogP contribution is -1.97. The molecule has 0 spiro atoms.